The van der Waals surface area contributed by atoms with Crippen LogP contribution in [0.2, 0.25) is 5.02 Å². The van der Waals surface area contributed by atoms with Crippen molar-refractivity contribution in [3.63, 3.8) is 0 Å². The van der Waals surface area contributed by atoms with E-state index in [2.05, 4.69) is 32.4 Å². The molecule has 0 spiro atoms. The van der Waals surface area contributed by atoms with Crippen molar-refractivity contribution in [1.82, 2.24) is 14.4 Å². The Kier molecular flexibility index (Phi) is 8.22. The number of morpholine rings is 1. The van der Waals surface area contributed by atoms with Gasteiger partial charge < -0.3 is 36.1 Å². The average Bonchev–Trinajstić information content (AvgIpc) is 3.47. The second-order valence-corrected chi connectivity index (χ2v) is 9.56. The summed E-state index contributed by atoms with van der Waals surface area (Å²) in [4.78, 5) is 35.7. The number of methoxy groups -OCH3 is 1. The van der Waals surface area contributed by atoms with Gasteiger partial charge in [-0.2, -0.15) is 4.98 Å². The lowest BCUT2D eigenvalue weighted by Crippen LogP contribution is -2.36. The zero-order valence-corrected chi connectivity index (χ0v) is 23.1. The minimum absolute atomic E-state index is 0.136. The van der Waals surface area contributed by atoms with Gasteiger partial charge in [0.1, 0.15) is 11.3 Å². The Hall–Kier alpha value is -4.81. The molecule has 12 nitrogen and oxygen atoms in total. The first-order valence-corrected chi connectivity index (χ1v) is 13.2. The Balaban J connectivity index is 1.48. The molecule has 1 aliphatic rings. The largest absolute Gasteiger partial charge is 0.497 e. The van der Waals surface area contributed by atoms with Gasteiger partial charge in [0.15, 0.2) is 11.5 Å². The number of aromatic nitrogens is 3. The van der Waals surface area contributed by atoms with Crippen LogP contribution in [0.3, 0.4) is 0 Å². The van der Waals surface area contributed by atoms with Gasteiger partial charge in [0.2, 0.25) is 11.9 Å². The van der Waals surface area contributed by atoms with E-state index in [4.69, 9.17) is 31.8 Å². The van der Waals surface area contributed by atoms with Gasteiger partial charge in [-0.25, -0.2) is 4.98 Å². The van der Waals surface area contributed by atoms with Gasteiger partial charge in [0.05, 0.1) is 31.0 Å². The maximum atomic E-state index is 12.6. The number of rotatable bonds is 10. The van der Waals surface area contributed by atoms with Gasteiger partial charge in [-0.1, -0.05) is 24.2 Å². The second-order valence-electron chi connectivity index (χ2n) is 9.15. The van der Waals surface area contributed by atoms with Crippen molar-refractivity contribution in [2.75, 3.05) is 54.3 Å². The highest BCUT2D eigenvalue weighted by atomic mass is 35.5. The molecular formula is C28H29ClN8O4. The number of nitrogens with zero attached hydrogens (tertiary/aromatic N) is 4. The number of amides is 2. The van der Waals surface area contributed by atoms with Crippen LogP contribution in [-0.4, -0.2) is 59.6 Å². The Labute approximate surface area is 241 Å². The molecule has 212 valence electrons. The molecular weight excluding hydrogens is 548 g/mol. The van der Waals surface area contributed by atoms with Crippen LogP contribution in [0.5, 0.6) is 5.75 Å². The zero-order valence-electron chi connectivity index (χ0n) is 22.3. The summed E-state index contributed by atoms with van der Waals surface area (Å²) in [5.41, 5.74) is 9.15. The van der Waals surface area contributed by atoms with E-state index in [1.54, 1.807) is 36.0 Å². The minimum atomic E-state index is -0.681. The molecule has 1 fully saturated rings. The molecule has 4 aromatic rings. The maximum absolute atomic E-state index is 12.6. The fourth-order valence-electron chi connectivity index (χ4n) is 4.48. The third kappa shape index (κ3) is 6.18. The minimum Gasteiger partial charge on any atom is -0.497 e. The molecule has 3 heterocycles. The number of fused-ring (bicyclic) bond motifs is 1. The van der Waals surface area contributed by atoms with E-state index in [1.807, 2.05) is 24.3 Å². The SMILES string of the molecule is C=CC(=O)Nc1cc(CNc2nc(Nc3cc(OC)cc(N4CCOCC4)c3)c(C(N)=O)c3nccn23)ccc1Cl. The van der Waals surface area contributed by atoms with E-state index >= 15 is 0 Å². The summed E-state index contributed by atoms with van der Waals surface area (Å²) in [6, 6.07) is 11.0. The van der Waals surface area contributed by atoms with Crippen LogP contribution >= 0.6 is 11.6 Å². The summed E-state index contributed by atoms with van der Waals surface area (Å²) < 4.78 is 12.7. The van der Waals surface area contributed by atoms with E-state index in [0.717, 1.165) is 24.3 Å². The molecule has 41 heavy (non-hydrogen) atoms. The van der Waals surface area contributed by atoms with E-state index < -0.39 is 5.91 Å². The third-order valence-corrected chi connectivity index (χ3v) is 6.81. The monoisotopic (exact) mass is 576 g/mol. The first-order chi connectivity index (χ1) is 19.9. The number of halogens is 1. The normalized spacial score (nSPS) is 13.1. The van der Waals surface area contributed by atoms with Crippen molar-refractivity contribution in [2.24, 2.45) is 5.73 Å². The van der Waals surface area contributed by atoms with Crippen LogP contribution in [0.15, 0.2) is 61.4 Å². The quantitative estimate of drug-likeness (QED) is 0.207. The van der Waals surface area contributed by atoms with Crippen molar-refractivity contribution in [2.45, 2.75) is 6.54 Å². The predicted molar refractivity (Wildman–Crippen MR) is 158 cm³/mol. The zero-order chi connectivity index (χ0) is 28.9. The Morgan fingerprint density at radius 2 is 2.02 bits per heavy atom. The molecule has 0 bridgehead atoms. The second kappa shape index (κ2) is 12.1. The number of hydrogen-bond acceptors (Lipinski definition) is 9. The molecule has 0 atom stereocenters. The number of primary amides is 1. The molecule has 1 saturated heterocycles. The maximum Gasteiger partial charge on any atom is 0.256 e. The van der Waals surface area contributed by atoms with E-state index in [-0.39, 0.29) is 17.3 Å². The van der Waals surface area contributed by atoms with Crippen LogP contribution < -0.4 is 31.3 Å². The highest BCUT2D eigenvalue weighted by molar-refractivity contribution is 6.33. The Bertz CT molecular complexity index is 1620. The number of carbonyl (C=O) groups excluding carboxylic acids is 2. The molecule has 0 aliphatic carbocycles. The molecule has 2 aromatic heterocycles. The molecule has 2 amide bonds. The standard InChI is InChI=1S/C28H29ClN8O4/c1-3-23(38)34-22-12-17(4-5-21(22)29)16-32-28-35-26(24(25(30)39)27-31-6-7-37(27)28)33-18-13-19(15-20(14-18)40-2)36-8-10-41-11-9-36/h3-7,12-15,33H,1,8-11,16H2,2H3,(H2,30,39)(H,32,35)(H,34,38). The molecule has 13 heteroatoms. The smallest absolute Gasteiger partial charge is 0.256 e. The van der Waals surface area contributed by atoms with Crippen LogP contribution in [-0.2, 0) is 16.1 Å². The van der Waals surface area contributed by atoms with E-state index in [9.17, 15) is 9.59 Å². The Morgan fingerprint density at radius 1 is 1.22 bits per heavy atom. The van der Waals surface area contributed by atoms with Gasteiger partial charge in [-0.15, -0.1) is 0 Å². The lowest BCUT2D eigenvalue weighted by molar-refractivity contribution is -0.111. The van der Waals surface area contributed by atoms with Gasteiger partial charge in [0, 0.05) is 55.5 Å². The number of nitrogens with one attached hydrogen (secondary N) is 3. The van der Waals surface area contributed by atoms with Gasteiger partial charge in [0.25, 0.3) is 5.91 Å². The number of nitrogens with two attached hydrogens (primary N) is 1. The van der Waals surface area contributed by atoms with E-state index in [0.29, 0.717) is 53.5 Å². The van der Waals surface area contributed by atoms with Crippen LogP contribution in [0.25, 0.3) is 5.65 Å². The summed E-state index contributed by atoms with van der Waals surface area (Å²) in [6.07, 6.45) is 4.41. The molecule has 0 radical (unpaired) electrons. The van der Waals surface area contributed by atoms with Crippen molar-refractivity contribution in [3.05, 3.63) is 77.6 Å². The fourth-order valence-corrected chi connectivity index (χ4v) is 4.64. The van der Waals surface area contributed by atoms with Crippen LogP contribution in [0.4, 0.5) is 28.8 Å². The number of benzene rings is 2. The predicted octanol–water partition coefficient (Wildman–Crippen LogP) is 3.81. The molecule has 1 aliphatic heterocycles. The number of anilines is 5. The number of imidazole rings is 1. The van der Waals surface area contributed by atoms with Crippen molar-refractivity contribution in [3.8, 4) is 5.75 Å². The Morgan fingerprint density at radius 3 is 2.76 bits per heavy atom. The first-order valence-electron chi connectivity index (χ1n) is 12.8. The average molecular weight is 577 g/mol. The van der Waals surface area contributed by atoms with Crippen molar-refractivity contribution in [1.29, 1.82) is 0 Å². The van der Waals surface area contributed by atoms with Gasteiger partial charge in [-0.3, -0.25) is 14.0 Å². The molecule has 2 aromatic carbocycles. The summed E-state index contributed by atoms with van der Waals surface area (Å²) in [5, 5.41) is 9.62. The fraction of sp³-hybridized carbons (Fsp3) is 0.214. The van der Waals surface area contributed by atoms with E-state index in [1.165, 1.54) is 6.08 Å². The number of ether oxygens (including phenoxy) is 2. The number of carbonyl (C=O) groups is 2. The highest BCUT2D eigenvalue weighted by Crippen LogP contribution is 2.32. The van der Waals surface area contributed by atoms with Crippen LogP contribution in [0, 0.1) is 0 Å². The third-order valence-electron chi connectivity index (χ3n) is 6.48. The lowest BCUT2D eigenvalue weighted by atomic mass is 10.2. The highest BCUT2D eigenvalue weighted by Gasteiger charge is 2.21. The lowest BCUT2D eigenvalue weighted by Gasteiger charge is -2.29. The molecule has 0 saturated carbocycles. The van der Waals surface area contributed by atoms with Crippen molar-refractivity contribution >= 4 is 57.9 Å². The summed E-state index contributed by atoms with van der Waals surface area (Å²) in [7, 11) is 1.60. The molecule has 5 rings (SSSR count). The first kappa shape index (κ1) is 27.7. The summed E-state index contributed by atoms with van der Waals surface area (Å²) in [6.45, 7) is 6.55. The van der Waals surface area contributed by atoms with Crippen LogP contribution in [0.1, 0.15) is 15.9 Å². The van der Waals surface area contributed by atoms with Crippen molar-refractivity contribution < 1.29 is 19.1 Å². The molecule has 0 unspecified atom stereocenters. The van der Waals surface area contributed by atoms with Gasteiger partial charge in [-0.05, 0) is 29.8 Å². The summed E-state index contributed by atoms with van der Waals surface area (Å²) in [5.74, 6) is 0.229. The summed E-state index contributed by atoms with van der Waals surface area (Å²) >= 11 is 6.24. The topological polar surface area (TPSA) is 148 Å². The number of hydrogen-bond donors (Lipinski definition) is 4. The molecule has 5 N–H and O–H groups in total. The van der Waals surface area contributed by atoms with Gasteiger partial charge >= 0.3 is 0 Å².